The van der Waals surface area contributed by atoms with E-state index in [0.717, 1.165) is 28.7 Å². The first-order chi connectivity index (χ1) is 7.16. The average Bonchev–Trinajstić information content (AvgIpc) is 2.57. The average molecular weight is 290 g/mol. The van der Waals surface area contributed by atoms with Crippen LogP contribution in [0.1, 0.15) is 24.8 Å². The summed E-state index contributed by atoms with van der Waals surface area (Å²) in [6.45, 7) is 2.05. The molecular weight excluding hydrogens is 275 g/mol. The van der Waals surface area contributed by atoms with Crippen molar-refractivity contribution in [1.82, 2.24) is 4.98 Å². The molecule has 0 bridgehead atoms. The van der Waals surface area contributed by atoms with Crippen molar-refractivity contribution in [3.05, 3.63) is 22.3 Å². The molecule has 0 spiro atoms. The van der Waals surface area contributed by atoms with Gasteiger partial charge in [0.1, 0.15) is 5.82 Å². The fraction of sp³-hybridized carbons (Fsp3) is 0.545. The second kappa shape index (κ2) is 4.71. The van der Waals surface area contributed by atoms with E-state index in [4.69, 9.17) is 11.6 Å². The summed E-state index contributed by atoms with van der Waals surface area (Å²) in [6.07, 6.45) is 5.27. The molecule has 0 saturated heterocycles. The first kappa shape index (κ1) is 11.2. The van der Waals surface area contributed by atoms with Crippen molar-refractivity contribution in [3.8, 4) is 0 Å². The third-order valence-electron chi connectivity index (χ3n) is 2.80. The van der Waals surface area contributed by atoms with Crippen molar-refractivity contribution in [2.24, 2.45) is 0 Å². The molecule has 1 heterocycles. The molecule has 0 radical (unpaired) electrons. The molecule has 0 aromatic carbocycles. The van der Waals surface area contributed by atoms with Crippen LogP contribution in [-0.4, -0.2) is 16.4 Å². The quantitative estimate of drug-likeness (QED) is 0.839. The molecule has 1 fully saturated rings. The van der Waals surface area contributed by atoms with Gasteiger partial charge < -0.3 is 5.32 Å². The summed E-state index contributed by atoms with van der Waals surface area (Å²) >= 11 is 9.62. The van der Waals surface area contributed by atoms with Crippen LogP contribution in [0.3, 0.4) is 0 Å². The van der Waals surface area contributed by atoms with E-state index >= 15 is 0 Å². The zero-order valence-electron chi connectivity index (χ0n) is 8.63. The highest BCUT2D eigenvalue weighted by Gasteiger charge is 2.25. The first-order valence-electron chi connectivity index (χ1n) is 5.19. The highest BCUT2D eigenvalue weighted by molar-refractivity contribution is 9.10. The minimum atomic E-state index is 0.245. The van der Waals surface area contributed by atoms with Crippen molar-refractivity contribution in [3.63, 3.8) is 0 Å². The Balaban J connectivity index is 2.10. The highest BCUT2D eigenvalue weighted by atomic mass is 79.9. The lowest BCUT2D eigenvalue weighted by molar-refractivity contribution is 0.755. The van der Waals surface area contributed by atoms with Gasteiger partial charge in [-0.15, -0.1) is 11.6 Å². The van der Waals surface area contributed by atoms with Crippen molar-refractivity contribution in [2.75, 3.05) is 5.32 Å². The first-order valence-corrected chi connectivity index (χ1v) is 6.42. The number of aromatic nitrogens is 1. The van der Waals surface area contributed by atoms with E-state index in [1.54, 1.807) is 0 Å². The zero-order valence-corrected chi connectivity index (χ0v) is 11.0. The predicted molar refractivity (Wildman–Crippen MR) is 67.6 cm³/mol. The molecule has 1 aromatic heterocycles. The van der Waals surface area contributed by atoms with Crippen LogP contribution in [0, 0.1) is 6.92 Å². The predicted octanol–water partition coefficient (Wildman–Crippen LogP) is 3.72. The number of alkyl halides is 1. The van der Waals surface area contributed by atoms with E-state index in [-0.39, 0.29) is 5.38 Å². The van der Waals surface area contributed by atoms with Crippen molar-refractivity contribution in [1.29, 1.82) is 0 Å². The monoisotopic (exact) mass is 288 g/mol. The Morgan fingerprint density at radius 1 is 1.53 bits per heavy atom. The van der Waals surface area contributed by atoms with Gasteiger partial charge in [-0.05, 0) is 53.7 Å². The van der Waals surface area contributed by atoms with Crippen LogP contribution in [0.2, 0.25) is 0 Å². The maximum Gasteiger partial charge on any atom is 0.129 e. The van der Waals surface area contributed by atoms with E-state index in [9.17, 15) is 0 Å². The fourth-order valence-corrected chi connectivity index (χ4v) is 2.73. The van der Waals surface area contributed by atoms with Gasteiger partial charge in [-0.2, -0.15) is 0 Å². The number of rotatable bonds is 2. The number of anilines is 1. The topological polar surface area (TPSA) is 24.9 Å². The summed E-state index contributed by atoms with van der Waals surface area (Å²) in [4.78, 5) is 4.36. The van der Waals surface area contributed by atoms with Crippen LogP contribution in [0.25, 0.3) is 0 Å². The van der Waals surface area contributed by atoms with Gasteiger partial charge in [0, 0.05) is 16.7 Å². The lowest BCUT2D eigenvalue weighted by Crippen LogP contribution is -2.25. The summed E-state index contributed by atoms with van der Waals surface area (Å²) in [5.74, 6) is 0.954. The Morgan fingerprint density at radius 2 is 2.33 bits per heavy atom. The van der Waals surface area contributed by atoms with E-state index < -0.39 is 0 Å². The van der Waals surface area contributed by atoms with Gasteiger partial charge in [0.2, 0.25) is 0 Å². The number of pyridine rings is 1. The van der Waals surface area contributed by atoms with Gasteiger partial charge >= 0.3 is 0 Å². The molecule has 4 heteroatoms. The number of nitrogens with one attached hydrogen (secondary N) is 1. The third kappa shape index (κ3) is 2.64. The molecule has 2 rings (SSSR count). The second-order valence-electron chi connectivity index (χ2n) is 4.02. The van der Waals surface area contributed by atoms with Crippen LogP contribution in [-0.2, 0) is 0 Å². The maximum atomic E-state index is 6.21. The molecule has 1 aromatic rings. The van der Waals surface area contributed by atoms with Crippen LogP contribution < -0.4 is 5.32 Å². The molecule has 0 amide bonds. The summed E-state index contributed by atoms with van der Waals surface area (Å²) < 4.78 is 1.01. The molecule has 2 atom stereocenters. The molecular formula is C11H14BrClN2. The fourth-order valence-electron chi connectivity index (χ4n) is 1.94. The Bertz CT molecular complexity index is 356. The van der Waals surface area contributed by atoms with Gasteiger partial charge in [0.05, 0.1) is 5.38 Å². The summed E-state index contributed by atoms with van der Waals surface area (Å²) in [6, 6.07) is 2.44. The standard InChI is InChI=1S/C11H14BrClN2/c1-7-5-8(12)6-14-11(7)15-10-4-2-3-9(10)13/h5-6,9-10H,2-4H2,1H3,(H,14,15). The zero-order chi connectivity index (χ0) is 10.8. The van der Waals surface area contributed by atoms with Gasteiger partial charge in [-0.25, -0.2) is 4.98 Å². The number of hydrogen-bond acceptors (Lipinski definition) is 2. The minimum absolute atomic E-state index is 0.245. The molecule has 82 valence electrons. The Kier molecular flexibility index (Phi) is 3.52. The molecule has 15 heavy (non-hydrogen) atoms. The van der Waals surface area contributed by atoms with E-state index in [1.165, 1.54) is 6.42 Å². The van der Waals surface area contributed by atoms with Crippen LogP contribution in [0.5, 0.6) is 0 Å². The number of nitrogens with zero attached hydrogens (tertiary/aromatic N) is 1. The summed E-state index contributed by atoms with van der Waals surface area (Å²) in [5, 5.41) is 3.67. The highest BCUT2D eigenvalue weighted by Crippen LogP contribution is 2.28. The number of hydrogen-bond donors (Lipinski definition) is 1. The smallest absolute Gasteiger partial charge is 0.129 e. The SMILES string of the molecule is Cc1cc(Br)cnc1NC1CCCC1Cl. The molecule has 2 nitrogen and oxygen atoms in total. The molecule has 1 N–H and O–H groups in total. The molecule has 1 aliphatic carbocycles. The van der Waals surface area contributed by atoms with E-state index in [2.05, 4.69) is 39.2 Å². The second-order valence-corrected chi connectivity index (χ2v) is 5.49. The van der Waals surface area contributed by atoms with Crippen molar-refractivity contribution >= 4 is 33.3 Å². The van der Waals surface area contributed by atoms with E-state index in [0.29, 0.717) is 6.04 Å². The van der Waals surface area contributed by atoms with Gasteiger partial charge in [-0.3, -0.25) is 0 Å². The lowest BCUT2D eigenvalue weighted by atomic mass is 10.2. The van der Waals surface area contributed by atoms with E-state index in [1.807, 2.05) is 6.20 Å². The largest absolute Gasteiger partial charge is 0.366 e. The molecule has 0 aliphatic heterocycles. The lowest BCUT2D eigenvalue weighted by Gasteiger charge is -2.17. The summed E-state index contributed by atoms with van der Waals surface area (Å²) in [5.41, 5.74) is 1.15. The number of aryl methyl sites for hydroxylation is 1. The maximum absolute atomic E-state index is 6.21. The van der Waals surface area contributed by atoms with Crippen LogP contribution in [0.4, 0.5) is 5.82 Å². The van der Waals surface area contributed by atoms with Crippen LogP contribution in [0.15, 0.2) is 16.7 Å². The van der Waals surface area contributed by atoms with Gasteiger partial charge in [-0.1, -0.05) is 0 Å². The summed E-state index contributed by atoms with van der Waals surface area (Å²) in [7, 11) is 0. The minimum Gasteiger partial charge on any atom is -0.366 e. The molecule has 1 saturated carbocycles. The number of halogens is 2. The Hall–Kier alpha value is -0.280. The van der Waals surface area contributed by atoms with Gasteiger partial charge in [0.25, 0.3) is 0 Å². The van der Waals surface area contributed by atoms with Crippen LogP contribution >= 0.6 is 27.5 Å². The van der Waals surface area contributed by atoms with Crippen molar-refractivity contribution < 1.29 is 0 Å². The molecule has 2 unspecified atom stereocenters. The molecule has 1 aliphatic rings. The Labute approximate surface area is 104 Å². The third-order valence-corrected chi connectivity index (χ3v) is 3.75. The van der Waals surface area contributed by atoms with Gasteiger partial charge in [0.15, 0.2) is 0 Å². The van der Waals surface area contributed by atoms with Crippen molar-refractivity contribution in [2.45, 2.75) is 37.6 Å². The normalized spacial score (nSPS) is 25.5. The Morgan fingerprint density at radius 3 is 2.93 bits per heavy atom.